The lowest BCUT2D eigenvalue weighted by Gasteiger charge is -2.63. The molecule has 5 aliphatic carbocycles. The van der Waals surface area contributed by atoms with Gasteiger partial charge in [0, 0.05) is 56.7 Å². The van der Waals surface area contributed by atoms with Crippen molar-refractivity contribution >= 4 is 6.09 Å². The smallest absolute Gasteiger partial charge is 0.407 e. The van der Waals surface area contributed by atoms with Crippen LogP contribution in [0.2, 0.25) is 0 Å². The quantitative estimate of drug-likeness (QED) is 0.299. The van der Waals surface area contributed by atoms with E-state index in [1.54, 1.807) is 0 Å². The van der Waals surface area contributed by atoms with Gasteiger partial charge < -0.3 is 34.5 Å². The van der Waals surface area contributed by atoms with Crippen LogP contribution in [0.5, 0.6) is 0 Å². The van der Waals surface area contributed by atoms with Crippen molar-refractivity contribution in [2.45, 2.75) is 149 Å². The Morgan fingerprint density at radius 3 is 2.35 bits per heavy atom. The minimum absolute atomic E-state index is 0.0170. The van der Waals surface area contributed by atoms with Crippen molar-refractivity contribution in [2.75, 3.05) is 59.1 Å². The molecular weight excluding hydrogens is 658 g/mol. The van der Waals surface area contributed by atoms with Crippen LogP contribution in [0.25, 0.3) is 0 Å². The zero-order valence-electron chi connectivity index (χ0n) is 33.6. The molecule has 8 fully saturated rings. The maximum absolute atomic E-state index is 13.2. The fourth-order valence-electron chi connectivity index (χ4n) is 14.9. The minimum atomic E-state index is -1.03. The number of hydrogen-bond donors (Lipinski definition) is 3. The Kier molecular flexibility index (Phi) is 9.49. The average Bonchev–Trinajstić information content (AvgIpc) is 3.69. The monoisotopic (exact) mass is 730 g/mol. The van der Waals surface area contributed by atoms with E-state index in [0.29, 0.717) is 36.9 Å². The van der Waals surface area contributed by atoms with E-state index >= 15 is 0 Å². The van der Waals surface area contributed by atoms with Crippen LogP contribution in [0.4, 0.5) is 4.79 Å². The number of aliphatic hydroxyl groups excluding tert-OH is 1. The Bertz CT molecular complexity index is 1340. The number of carbonyl (C=O) groups is 1. The van der Waals surface area contributed by atoms with Crippen molar-refractivity contribution in [1.29, 1.82) is 0 Å². The Morgan fingerprint density at radius 1 is 1.00 bits per heavy atom. The first-order valence-corrected chi connectivity index (χ1v) is 21.2. The van der Waals surface area contributed by atoms with Crippen LogP contribution in [-0.4, -0.2) is 127 Å². The zero-order valence-corrected chi connectivity index (χ0v) is 33.6. The zero-order chi connectivity index (χ0) is 37.1. The van der Waals surface area contributed by atoms with Gasteiger partial charge in [0.2, 0.25) is 0 Å². The summed E-state index contributed by atoms with van der Waals surface area (Å²) in [5.41, 5.74) is -0.899. The van der Waals surface area contributed by atoms with Gasteiger partial charge in [-0.2, -0.15) is 0 Å². The minimum Gasteiger partial charge on any atom is -0.446 e. The highest BCUT2D eigenvalue weighted by molar-refractivity contribution is 5.67. The van der Waals surface area contributed by atoms with Crippen molar-refractivity contribution in [3.8, 4) is 0 Å². The van der Waals surface area contributed by atoms with E-state index in [1.165, 1.54) is 12.8 Å². The van der Waals surface area contributed by atoms with Crippen LogP contribution in [0.1, 0.15) is 107 Å². The Morgan fingerprint density at radius 2 is 1.69 bits per heavy atom. The molecule has 8 aliphatic rings. The SMILES string of the molecule is CCO[C@@H]([C@H]1C[C@@H](C)[C@H]2[C@H](O1)[C@H](O)[C@@]1(C)[C@@H]3CC[C@H]4C(C)(C)[C@@H](OC(=O)NCCN5CCN(C6COC6)CC5)CC[C@@]45C[C@@]35CC[C@]21C)C(C)(C)O. The van der Waals surface area contributed by atoms with Gasteiger partial charge in [0.1, 0.15) is 12.2 Å². The summed E-state index contributed by atoms with van der Waals surface area (Å²) in [6.45, 7) is 25.6. The van der Waals surface area contributed by atoms with E-state index in [1.807, 2.05) is 20.8 Å². The van der Waals surface area contributed by atoms with Gasteiger partial charge in [-0.15, -0.1) is 0 Å². The summed E-state index contributed by atoms with van der Waals surface area (Å²) in [7, 11) is 0. The van der Waals surface area contributed by atoms with Crippen molar-refractivity contribution in [3.05, 3.63) is 0 Å². The number of alkyl carbamates (subject to hydrolysis) is 1. The number of ether oxygens (including phenoxy) is 4. The van der Waals surface area contributed by atoms with Gasteiger partial charge in [0.15, 0.2) is 0 Å². The van der Waals surface area contributed by atoms with Crippen LogP contribution < -0.4 is 5.32 Å². The Labute approximate surface area is 313 Å². The third kappa shape index (κ3) is 5.44. The van der Waals surface area contributed by atoms with E-state index in [2.05, 4.69) is 49.7 Å². The lowest BCUT2D eigenvalue weighted by molar-refractivity contribution is -0.215. The third-order valence-electron chi connectivity index (χ3n) is 17.6. The second kappa shape index (κ2) is 13.0. The van der Waals surface area contributed by atoms with Gasteiger partial charge in [0.25, 0.3) is 0 Å². The largest absolute Gasteiger partial charge is 0.446 e. The maximum atomic E-state index is 13.2. The van der Waals surface area contributed by atoms with Gasteiger partial charge >= 0.3 is 6.09 Å². The second-order valence-corrected chi connectivity index (χ2v) is 20.5. The maximum Gasteiger partial charge on any atom is 0.407 e. The molecule has 1 amide bonds. The lowest BCUT2D eigenvalue weighted by atomic mass is 9.41. The highest BCUT2D eigenvalue weighted by Crippen LogP contribution is 2.89. The summed E-state index contributed by atoms with van der Waals surface area (Å²) in [5, 5.41) is 26.8. The summed E-state index contributed by atoms with van der Waals surface area (Å²) in [5.74, 6) is 1.60. The number of amides is 1. The fraction of sp³-hybridized carbons (Fsp3) is 0.976. The van der Waals surface area contributed by atoms with E-state index in [4.69, 9.17) is 18.9 Å². The molecule has 52 heavy (non-hydrogen) atoms. The highest BCUT2D eigenvalue weighted by Gasteiger charge is 2.84. The average molecular weight is 730 g/mol. The van der Waals surface area contributed by atoms with Crippen LogP contribution in [-0.2, 0) is 18.9 Å². The summed E-state index contributed by atoms with van der Waals surface area (Å²) in [6.07, 6.45) is 6.87. The number of rotatable bonds is 9. The standard InChI is InChI=1S/C42H71N3O7/c1-9-50-35(38(5,6)48)28-22-26(2)32-33(51-28)34(46)40(8)30-11-10-29-37(3,4)31(12-13-41(29)25-42(30,41)15-14-39(32,40)7)52-36(47)43-16-17-44-18-20-45(21-19-44)27-23-49-24-27/h26-35,46,48H,9-25H2,1-8H3,(H,43,47)/t26-,28-,29+,30+,31+,32+,33+,34+,35+,39-,40-,41-,42+/m1/s1. The first-order chi connectivity index (χ1) is 24.5. The lowest BCUT2D eigenvalue weighted by Crippen LogP contribution is -2.60. The van der Waals surface area contributed by atoms with Crippen molar-refractivity contribution in [2.24, 2.45) is 50.7 Å². The van der Waals surface area contributed by atoms with E-state index in [-0.39, 0.29) is 57.4 Å². The molecule has 10 nitrogen and oxygen atoms in total. The summed E-state index contributed by atoms with van der Waals surface area (Å²) >= 11 is 0. The van der Waals surface area contributed by atoms with E-state index < -0.39 is 17.8 Å². The van der Waals surface area contributed by atoms with Gasteiger partial charge in [-0.3, -0.25) is 9.80 Å². The first-order valence-electron chi connectivity index (χ1n) is 21.2. The highest BCUT2D eigenvalue weighted by atomic mass is 16.6. The van der Waals surface area contributed by atoms with Crippen LogP contribution in [0.3, 0.4) is 0 Å². The predicted octanol–water partition coefficient (Wildman–Crippen LogP) is 5.09. The molecular formula is C42H71N3O7. The molecule has 8 rings (SSSR count). The molecule has 0 aromatic heterocycles. The molecule has 0 unspecified atom stereocenters. The van der Waals surface area contributed by atoms with Gasteiger partial charge in [-0.05, 0) is 112 Å². The summed E-state index contributed by atoms with van der Waals surface area (Å²) < 4.78 is 24.8. The molecule has 13 atom stereocenters. The fourth-order valence-corrected chi connectivity index (χ4v) is 14.9. The van der Waals surface area contributed by atoms with E-state index in [0.717, 1.165) is 84.5 Å². The first kappa shape index (κ1) is 37.9. The summed E-state index contributed by atoms with van der Waals surface area (Å²) in [6, 6.07) is 0.598. The number of hydrogen-bond acceptors (Lipinski definition) is 9. The molecule has 3 heterocycles. The summed E-state index contributed by atoms with van der Waals surface area (Å²) in [4.78, 5) is 18.2. The number of nitrogens with one attached hydrogen (secondary N) is 1. The number of fused-ring (bicyclic) bond motifs is 4. The molecule has 3 saturated heterocycles. The van der Waals surface area contributed by atoms with Crippen molar-refractivity contribution in [1.82, 2.24) is 15.1 Å². The topological polar surface area (TPSA) is 113 Å². The Balaban J connectivity index is 0.922. The molecule has 0 aromatic carbocycles. The molecule has 10 heteroatoms. The van der Waals surface area contributed by atoms with Gasteiger partial charge in [-0.1, -0.05) is 34.6 Å². The number of piperazine rings is 1. The molecule has 2 spiro atoms. The molecule has 0 bridgehead atoms. The molecule has 3 aliphatic heterocycles. The third-order valence-corrected chi connectivity index (χ3v) is 17.6. The van der Waals surface area contributed by atoms with Crippen molar-refractivity contribution in [3.63, 3.8) is 0 Å². The van der Waals surface area contributed by atoms with E-state index in [9.17, 15) is 15.0 Å². The van der Waals surface area contributed by atoms with Gasteiger partial charge in [0.05, 0.1) is 43.2 Å². The second-order valence-electron chi connectivity index (χ2n) is 20.5. The molecule has 5 saturated carbocycles. The molecule has 296 valence electrons. The number of nitrogens with zero attached hydrogens (tertiary/aromatic N) is 2. The van der Waals surface area contributed by atoms with Crippen LogP contribution in [0.15, 0.2) is 0 Å². The van der Waals surface area contributed by atoms with Gasteiger partial charge in [-0.25, -0.2) is 4.79 Å². The van der Waals surface area contributed by atoms with Crippen molar-refractivity contribution < 1.29 is 34.0 Å². The predicted molar refractivity (Wildman–Crippen MR) is 199 cm³/mol. The normalized spacial score (nSPS) is 47.9. The number of aliphatic hydroxyl groups is 2. The van der Waals surface area contributed by atoms with Crippen LogP contribution in [0, 0.1) is 50.7 Å². The molecule has 0 aromatic rings. The van der Waals surface area contributed by atoms with Crippen LogP contribution >= 0.6 is 0 Å². The number of carbonyl (C=O) groups excluding carboxylic acids is 1. The molecule has 0 radical (unpaired) electrons. The Hall–Kier alpha value is -1.01. The molecule has 3 N–H and O–H groups in total.